The summed E-state index contributed by atoms with van der Waals surface area (Å²) < 4.78 is 6.06. The van der Waals surface area contributed by atoms with Crippen molar-refractivity contribution in [1.29, 1.82) is 0 Å². The molecule has 10 atom stereocenters. The van der Waals surface area contributed by atoms with E-state index < -0.39 is 132 Å². The Morgan fingerprint density at radius 3 is 1.46 bits per heavy atom. The van der Waals surface area contributed by atoms with Crippen LogP contribution < -0.4 is 43.0 Å². The predicted octanol–water partition coefficient (Wildman–Crippen LogP) is 3.66. The SMILES string of the molecule is CCC(C)CCCCCCC1CC(=O)N[C@@H](CCC(N)=O)C(=O)N[C@@H](CC(C)C)C(=O)N[C@H](CC(C)C)C(=O)N[C@@H](C(C)C)C(=O)N[C@@H](CC(=O)O)C(=O)N[C@H](CC(C)C)C(=O)N[C@@H]([C@@H](C)CC)C(=O)O1. The van der Waals surface area contributed by atoms with Crippen LogP contribution in [0.1, 0.15) is 179 Å². The summed E-state index contributed by atoms with van der Waals surface area (Å²) in [6.07, 6.45) is 3.40. The Balaban J connectivity index is 4.02. The van der Waals surface area contributed by atoms with Crippen LogP contribution in [0.2, 0.25) is 0 Å². The monoisotopic (exact) mass is 1010 g/mol. The fourth-order valence-electron chi connectivity index (χ4n) is 8.16. The van der Waals surface area contributed by atoms with Crippen molar-refractivity contribution >= 4 is 59.2 Å². The van der Waals surface area contributed by atoms with E-state index in [9.17, 15) is 53.1 Å². The molecule has 71 heavy (non-hydrogen) atoms. The van der Waals surface area contributed by atoms with Gasteiger partial charge in [0.1, 0.15) is 48.4 Å². The number of nitrogens with two attached hydrogens (primary N) is 1. The third-order valence-electron chi connectivity index (χ3n) is 12.7. The number of hydrogen-bond donors (Lipinski definition) is 9. The highest BCUT2D eigenvalue weighted by molar-refractivity contribution is 5.98. The van der Waals surface area contributed by atoms with E-state index in [2.05, 4.69) is 51.1 Å². The summed E-state index contributed by atoms with van der Waals surface area (Å²) in [6.45, 7) is 21.9. The lowest BCUT2D eigenvalue weighted by molar-refractivity contribution is -0.156. The number of hydrogen-bond acceptors (Lipinski definition) is 11. The summed E-state index contributed by atoms with van der Waals surface area (Å²) in [5.74, 6) is -9.84. The zero-order chi connectivity index (χ0) is 54.1. The van der Waals surface area contributed by atoms with Crippen molar-refractivity contribution in [2.45, 2.75) is 228 Å². The predicted molar refractivity (Wildman–Crippen MR) is 269 cm³/mol. The molecule has 8 amide bonds. The first-order valence-corrected chi connectivity index (χ1v) is 26.0. The number of carbonyl (C=O) groups is 10. The molecular formula is C51H90N8O12. The maximum Gasteiger partial charge on any atom is 0.329 e. The van der Waals surface area contributed by atoms with Crippen molar-refractivity contribution < 1.29 is 57.8 Å². The van der Waals surface area contributed by atoms with Crippen molar-refractivity contribution in [2.24, 2.45) is 41.2 Å². The Labute approximate surface area is 422 Å². The molecule has 1 aliphatic rings. The smallest absolute Gasteiger partial charge is 0.329 e. The summed E-state index contributed by atoms with van der Waals surface area (Å²) in [7, 11) is 0. The molecule has 0 aromatic carbocycles. The van der Waals surface area contributed by atoms with Gasteiger partial charge in [0.25, 0.3) is 0 Å². The van der Waals surface area contributed by atoms with Gasteiger partial charge in [0.2, 0.25) is 47.3 Å². The molecule has 0 aliphatic carbocycles. The molecule has 1 rings (SSSR count). The number of amides is 8. The van der Waals surface area contributed by atoms with Gasteiger partial charge in [-0.15, -0.1) is 0 Å². The molecule has 406 valence electrons. The Morgan fingerprint density at radius 2 is 1.01 bits per heavy atom. The first-order valence-electron chi connectivity index (χ1n) is 26.0. The van der Waals surface area contributed by atoms with Crippen molar-refractivity contribution in [3.63, 3.8) is 0 Å². The molecule has 10 N–H and O–H groups in total. The maximum atomic E-state index is 14.2. The average Bonchev–Trinajstić information content (AvgIpc) is 3.26. The van der Waals surface area contributed by atoms with Gasteiger partial charge >= 0.3 is 11.9 Å². The quantitative estimate of drug-likeness (QED) is 0.0555. The van der Waals surface area contributed by atoms with Gasteiger partial charge in [-0.25, -0.2) is 4.79 Å². The highest BCUT2D eigenvalue weighted by Gasteiger charge is 2.38. The van der Waals surface area contributed by atoms with Gasteiger partial charge in [0.15, 0.2) is 0 Å². The minimum Gasteiger partial charge on any atom is -0.481 e. The van der Waals surface area contributed by atoms with Gasteiger partial charge in [-0.1, -0.05) is 122 Å². The largest absolute Gasteiger partial charge is 0.481 e. The Kier molecular flexibility index (Phi) is 29.3. The molecular weight excluding hydrogens is 917 g/mol. The first kappa shape index (κ1) is 63.7. The van der Waals surface area contributed by atoms with E-state index in [1.165, 1.54) is 0 Å². The van der Waals surface area contributed by atoms with Crippen molar-refractivity contribution in [3.8, 4) is 0 Å². The van der Waals surface area contributed by atoms with Gasteiger partial charge in [-0.3, -0.25) is 43.2 Å². The van der Waals surface area contributed by atoms with Crippen LogP contribution in [-0.2, 0) is 52.7 Å². The topological polar surface area (TPSA) is 310 Å². The number of aliphatic carboxylic acids is 1. The molecule has 1 heterocycles. The van der Waals surface area contributed by atoms with Crippen LogP contribution in [0.25, 0.3) is 0 Å². The van der Waals surface area contributed by atoms with Gasteiger partial charge in [0.05, 0.1) is 12.8 Å². The fourth-order valence-corrected chi connectivity index (χ4v) is 8.16. The molecule has 0 radical (unpaired) electrons. The highest BCUT2D eigenvalue weighted by Crippen LogP contribution is 2.20. The van der Waals surface area contributed by atoms with E-state index in [0.29, 0.717) is 18.8 Å². The van der Waals surface area contributed by atoms with Gasteiger partial charge in [0, 0.05) is 6.42 Å². The number of unbranched alkanes of at least 4 members (excludes halogenated alkanes) is 3. The number of primary amides is 1. The molecule has 20 heteroatoms. The zero-order valence-electron chi connectivity index (χ0n) is 44.7. The van der Waals surface area contributed by atoms with E-state index >= 15 is 0 Å². The number of rotatable bonds is 22. The Morgan fingerprint density at radius 1 is 0.563 bits per heavy atom. The molecule has 0 bridgehead atoms. The number of carboxylic acid groups (broad SMARTS) is 1. The fraction of sp³-hybridized carbons (Fsp3) is 0.804. The van der Waals surface area contributed by atoms with Crippen LogP contribution in [-0.4, -0.2) is 113 Å². The van der Waals surface area contributed by atoms with E-state index in [-0.39, 0.29) is 56.3 Å². The number of nitrogens with one attached hydrogen (secondary N) is 7. The lowest BCUT2D eigenvalue weighted by atomic mass is 9.96. The van der Waals surface area contributed by atoms with E-state index in [1.54, 1.807) is 41.5 Å². The standard InChI is InChI=1S/C51H90N8O12/c1-13-32(11)19-17-15-16-18-20-34-26-41(61)53-35(21-22-40(52)60)45(64)54-36(23-28(3)4)46(65)55-37(24-29(5)6)48(67)58-43(31(9)10)50(69)57-39(27-42(62)63)47(66)56-38(25-30(7)8)49(68)59-44(33(12)14-2)51(70)71-34/h28-39,43-44H,13-27H2,1-12H3,(H2,52,60)(H,53,61)(H,54,64)(H,55,65)(H,56,66)(H,57,69)(H,58,67)(H,59,68)(H,62,63)/t32?,33-,34?,35-,36-,37+,38+,39-,43-,44-/m0/s1. The van der Waals surface area contributed by atoms with Crippen LogP contribution in [0.5, 0.6) is 0 Å². The number of ether oxygens (including phenoxy) is 1. The summed E-state index contributed by atoms with van der Waals surface area (Å²) in [4.78, 5) is 137. The number of carboxylic acids is 1. The van der Waals surface area contributed by atoms with Crippen LogP contribution in [0.15, 0.2) is 0 Å². The Hall–Kier alpha value is -5.30. The molecule has 2 unspecified atom stereocenters. The molecule has 0 aromatic heterocycles. The summed E-state index contributed by atoms with van der Waals surface area (Å²) >= 11 is 0. The summed E-state index contributed by atoms with van der Waals surface area (Å²) in [6, 6.07) is -9.49. The van der Waals surface area contributed by atoms with Crippen LogP contribution >= 0.6 is 0 Å². The minimum atomic E-state index is -1.72. The van der Waals surface area contributed by atoms with Crippen LogP contribution in [0.4, 0.5) is 0 Å². The van der Waals surface area contributed by atoms with Crippen molar-refractivity contribution in [3.05, 3.63) is 0 Å². The average molecular weight is 1010 g/mol. The number of esters is 1. The molecule has 1 fully saturated rings. The van der Waals surface area contributed by atoms with Crippen LogP contribution in [0, 0.1) is 35.5 Å². The molecule has 1 saturated heterocycles. The van der Waals surface area contributed by atoms with Crippen LogP contribution in [0.3, 0.4) is 0 Å². The third-order valence-corrected chi connectivity index (χ3v) is 12.7. The molecule has 0 aromatic rings. The second-order valence-corrected chi connectivity index (χ2v) is 21.2. The molecule has 0 spiro atoms. The maximum absolute atomic E-state index is 14.2. The van der Waals surface area contributed by atoms with Crippen molar-refractivity contribution in [2.75, 3.05) is 0 Å². The molecule has 0 saturated carbocycles. The zero-order valence-corrected chi connectivity index (χ0v) is 44.7. The third kappa shape index (κ3) is 25.1. The lowest BCUT2D eigenvalue weighted by Gasteiger charge is -2.30. The summed E-state index contributed by atoms with van der Waals surface area (Å²) in [5, 5.41) is 28.4. The Bertz CT molecular complexity index is 1770. The van der Waals surface area contributed by atoms with Gasteiger partial charge < -0.3 is 52.8 Å². The lowest BCUT2D eigenvalue weighted by Crippen LogP contribution is -2.61. The second kappa shape index (κ2) is 32.6. The highest BCUT2D eigenvalue weighted by atomic mass is 16.5. The summed E-state index contributed by atoms with van der Waals surface area (Å²) in [5.41, 5.74) is 5.48. The van der Waals surface area contributed by atoms with Crippen molar-refractivity contribution in [1.82, 2.24) is 37.2 Å². The molecule has 20 nitrogen and oxygen atoms in total. The normalized spacial score (nSPS) is 25.1. The minimum absolute atomic E-state index is 0.0452. The number of cyclic esters (lactones) is 1. The van der Waals surface area contributed by atoms with Gasteiger partial charge in [-0.05, 0) is 74.0 Å². The van der Waals surface area contributed by atoms with E-state index in [1.807, 2.05) is 27.7 Å². The number of carbonyl (C=O) groups excluding carboxylic acids is 9. The molecule has 1 aliphatic heterocycles. The first-order chi connectivity index (χ1) is 33.2. The van der Waals surface area contributed by atoms with Gasteiger partial charge in [-0.2, -0.15) is 0 Å². The second-order valence-electron chi connectivity index (χ2n) is 21.2. The van der Waals surface area contributed by atoms with E-state index in [0.717, 1.165) is 32.1 Å². The van der Waals surface area contributed by atoms with E-state index in [4.69, 9.17) is 10.5 Å².